The Hall–Kier alpha value is -4.73. The number of methoxy groups -OCH3 is 1. The standard InChI is InChI=1S/C27H41N7O9/c1-6-15-42-17-21(32-26(38)43-27(2,3)4)23(36)31-20(16-18-11-8-7-9-12-18)22(35)30-19(24(37)41-5)13-10-14-29-25(28)33-34(39)40/h6-9,11-12,19-21H,1,10,13-17H2,2-5H3,(H,30,35)(H,31,36)(H,32,38)(H3,28,29,33)/t19-,20+,21-/m0/s1. The SMILES string of the molecule is C=CCOC[C@H](NC(=O)OC(C)(C)C)C(=O)N[C@H](Cc1ccccc1)C(=O)N[C@@H](CCCN=C(N)N[N+](=O)[O-])C(=O)OC. The summed E-state index contributed by atoms with van der Waals surface area (Å²) in [5.74, 6) is -2.60. The van der Waals surface area contributed by atoms with Crippen LogP contribution >= 0.6 is 0 Å². The van der Waals surface area contributed by atoms with Crippen molar-refractivity contribution in [1.82, 2.24) is 21.4 Å². The van der Waals surface area contributed by atoms with Gasteiger partial charge >= 0.3 is 12.1 Å². The monoisotopic (exact) mass is 607 g/mol. The fourth-order valence-corrected chi connectivity index (χ4v) is 3.52. The number of rotatable bonds is 17. The van der Waals surface area contributed by atoms with Gasteiger partial charge in [-0.25, -0.2) is 24.7 Å². The second-order valence-electron chi connectivity index (χ2n) is 10.1. The van der Waals surface area contributed by atoms with Gasteiger partial charge in [0.25, 0.3) is 5.96 Å². The summed E-state index contributed by atoms with van der Waals surface area (Å²) < 4.78 is 15.5. The summed E-state index contributed by atoms with van der Waals surface area (Å²) in [5, 5.41) is 17.3. The molecule has 16 nitrogen and oxygen atoms in total. The highest BCUT2D eigenvalue weighted by Gasteiger charge is 2.31. The fourth-order valence-electron chi connectivity index (χ4n) is 3.52. The highest BCUT2D eigenvalue weighted by Crippen LogP contribution is 2.09. The van der Waals surface area contributed by atoms with E-state index >= 15 is 0 Å². The van der Waals surface area contributed by atoms with Crippen molar-refractivity contribution in [3.05, 3.63) is 58.7 Å². The lowest BCUT2D eigenvalue weighted by Gasteiger charge is -2.26. The molecule has 3 atom stereocenters. The number of carbonyl (C=O) groups is 4. The number of amides is 3. The van der Waals surface area contributed by atoms with Gasteiger partial charge < -0.3 is 35.9 Å². The van der Waals surface area contributed by atoms with E-state index in [-0.39, 0.29) is 39.0 Å². The Kier molecular flexibility index (Phi) is 15.7. The molecule has 0 fully saturated rings. The van der Waals surface area contributed by atoms with Crippen molar-refractivity contribution in [2.24, 2.45) is 10.7 Å². The molecule has 0 aliphatic rings. The summed E-state index contributed by atoms with van der Waals surface area (Å²) in [5.41, 5.74) is 6.97. The van der Waals surface area contributed by atoms with Crippen molar-refractivity contribution in [2.45, 2.75) is 63.8 Å². The summed E-state index contributed by atoms with van der Waals surface area (Å²) in [4.78, 5) is 65.9. The van der Waals surface area contributed by atoms with Gasteiger partial charge in [0.15, 0.2) is 5.03 Å². The maximum Gasteiger partial charge on any atom is 0.408 e. The van der Waals surface area contributed by atoms with Gasteiger partial charge in [0.1, 0.15) is 23.7 Å². The minimum absolute atomic E-state index is 0.0168. The lowest BCUT2D eigenvalue weighted by Crippen LogP contribution is -2.57. The van der Waals surface area contributed by atoms with Crippen LogP contribution in [0.25, 0.3) is 0 Å². The van der Waals surface area contributed by atoms with E-state index in [1.807, 2.05) is 0 Å². The Morgan fingerprint density at radius 1 is 1.07 bits per heavy atom. The average molecular weight is 608 g/mol. The third-order valence-corrected chi connectivity index (χ3v) is 5.38. The third-order valence-electron chi connectivity index (χ3n) is 5.38. The number of nitrogens with zero attached hydrogens (tertiary/aromatic N) is 2. The molecule has 1 rings (SSSR count). The average Bonchev–Trinajstić information content (AvgIpc) is 2.92. The van der Waals surface area contributed by atoms with Gasteiger partial charge in [-0.15, -0.1) is 6.58 Å². The summed E-state index contributed by atoms with van der Waals surface area (Å²) >= 11 is 0. The minimum atomic E-state index is -1.23. The summed E-state index contributed by atoms with van der Waals surface area (Å²) in [6.45, 7) is 8.43. The molecule has 0 radical (unpaired) electrons. The Bertz CT molecular complexity index is 1120. The normalized spacial score (nSPS) is 13.4. The number of aliphatic imine (C=N–C) groups is 1. The maximum atomic E-state index is 13.4. The van der Waals surface area contributed by atoms with Crippen LogP contribution < -0.4 is 27.1 Å². The van der Waals surface area contributed by atoms with E-state index in [1.165, 1.54) is 6.08 Å². The molecule has 0 saturated carbocycles. The first-order valence-corrected chi connectivity index (χ1v) is 13.4. The second-order valence-corrected chi connectivity index (χ2v) is 10.1. The van der Waals surface area contributed by atoms with Crippen molar-refractivity contribution in [3.63, 3.8) is 0 Å². The first-order chi connectivity index (χ1) is 20.2. The van der Waals surface area contributed by atoms with Crippen molar-refractivity contribution in [1.29, 1.82) is 0 Å². The molecule has 0 bridgehead atoms. The molecule has 3 amide bonds. The van der Waals surface area contributed by atoms with E-state index in [0.717, 1.165) is 7.11 Å². The lowest BCUT2D eigenvalue weighted by molar-refractivity contribution is -0.525. The van der Waals surface area contributed by atoms with E-state index in [1.54, 1.807) is 56.5 Å². The van der Waals surface area contributed by atoms with Crippen molar-refractivity contribution in [2.75, 3.05) is 26.9 Å². The lowest BCUT2D eigenvalue weighted by atomic mass is 10.0. The predicted octanol–water partition coefficient (Wildman–Crippen LogP) is 0.344. The van der Waals surface area contributed by atoms with E-state index in [9.17, 15) is 29.3 Å². The molecule has 238 valence electrons. The third kappa shape index (κ3) is 15.7. The number of hydrogen-bond donors (Lipinski definition) is 5. The quantitative estimate of drug-likeness (QED) is 0.0309. The summed E-state index contributed by atoms with van der Waals surface area (Å²) in [6, 6.07) is 5.30. The first kappa shape index (κ1) is 36.3. The Labute approximate surface area is 249 Å². The first-order valence-electron chi connectivity index (χ1n) is 13.4. The zero-order chi connectivity index (χ0) is 32.4. The number of esters is 1. The Morgan fingerprint density at radius 2 is 1.70 bits per heavy atom. The molecule has 0 unspecified atom stereocenters. The van der Waals surface area contributed by atoms with Gasteiger partial charge in [-0.3, -0.25) is 9.59 Å². The molecular formula is C27H41N7O9. The zero-order valence-electron chi connectivity index (χ0n) is 24.8. The van der Waals surface area contributed by atoms with Crippen LogP contribution in [-0.4, -0.2) is 85.5 Å². The molecule has 0 heterocycles. The summed E-state index contributed by atoms with van der Waals surface area (Å²) in [6.07, 6.45) is 0.920. The Morgan fingerprint density at radius 3 is 2.28 bits per heavy atom. The van der Waals surface area contributed by atoms with E-state index in [2.05, 4.69) is 27.5 Å². The number of nitrogens with two attached hydrogens (primary N) is 1. The Balaban J connectivity index is 3.11. The van der Waals surface area contributed by atoms with Crippen molar-refractivity contribution in [3.8, 4) is 0 Å². The van der Waals surface area contributed by atoms with Crippen LogP contribution in [0.3, 0.4) is 0 Å². The number of nitrogens with one attached hydrogen (secondary N) is 4. The van der Waals surface area contributed by atoms with Crippen molar-refractivity contribution < 1.29 is 38.4 Å². The van der Waals surface area contributed by atoms with Crippen LogP contribution in [0.4, 0.5) is 4.79 Å². The van der Waals surface area contributed by atoms with Gasteiger partial charge in [-0.05, 0) is 39.2 Å². The van der Waals surface area contributed by atoms with Gasteiger partial charge in [-0.2, -0.15) is 0 Å². The van der Waals surface area contributed by atoms with Crippen molar-refractivity contribution >= 4 is 29.8 Å². The smallest absolute Gasteiger partial charge is 0.408 e. The fraction of sp³-hybridized carbons (Fsp3) is 0.519. The van der Waals surface area contributed by atoms with Crippen LogP contribution in [0.5, 0.6) is 0 Å². The number of hydrazine groups is 1. The number of nitro groups is 1. The van der Waals surface area contributed by atoms with Gasteiger partial charge in [-0.1, -0.05) is 41.8 Å². The molecule has 0 spiro atoms. The highest BCUT2D eigenvalue weighted by molar-refractivity contribution is 5.93. The van der Waals surface area contributed by atoms with Crippen LogP contribution in [0.15, 0.2) is 48.0 Å². The number of alkyl carbamates (subject to hydrolysis) is 1. The molecule has 1 aromatic rings. The second kappa shape index (κ2) is 18.7. The molecule has 0 aliphatic carbocycles. The molecule has 6 N–H and O–H groups in total. The van der Waals surface area contributed by atoms with Crippen LogP contribution in [0.2, 0.25) is 0 Å². The van der Waals surface area contributed by atoms with Crippen LogP contribution in [0, 0.1) is 10.1 Å². The van der Waals surface area contributed by atoms with Gasteiger partial charge in [0, 0.05) is 13.0 Å². The van der Waals surface area contributed by atoms with Gasteiger partial charge in [0.05, 0.1) is 20.3 Å². The van der Waals surface area contributed by atoms with E-state index in [0.29, 0.717) is 5.56 Å². The molecule has 16 heteroatoms. The van der Waals surface area contributed by atoms with Gasteiger partial charge in [0.2, 0.25) is 11.8 Å². The molecule has 1 aromatic carbocycles. The maximum absolute atomic E-state index is 13.4. The molecular weight excluding hydrogens is 566 g/mol. The van der Waals surface area contributed by atoms with Crippen LogP contribution in [-0.2, 0) is 35.0 Å². The largest absolute Gasteiger partial charge is 0.467 e. The molecule has 43 heavy (non-hydrogen) atoms. The van der Waals surface area contributed by atoms with Crippen LogP contribution in [0.1, 0.15) is 39.2 Å². The summed E-state index contributed by atoms with van der Waals surface area (Å²) in [7, 11) is 1.15. The number of guanidine groups is 1. The molecule has 0 saturated heterocycles. The van der Waals surface area contributed by atoms with E-state index < -0.39 is 58.6 Å². The zero-order valence-corrected chi connectivity index (χ0v) is 24.8. The number of carbonyl (C=O) groups excluding carboxylic acids is 4. The minimum Gasteiger partial charge on any atom is -0.467 e. The molecule has 0 aliphatic heterocycles. The number of benzene rings is 1. The molecule has 0 aromatic heterocycles. The van der Waals surface area contributed by atoms with E-state index in [4.69, 9.17) is 19.9 Å². The topological polar surface area (TPSA) is 226 Å². The number of hydrogen-bond acceptors (Lipinski definition) is 10. The number of ether oxygens (including phenoxy) is 3. The highest BCUT2D eigenvalue weighted by atomic mass is 16.7. The predicted molar refractivity (Wildman–Crippen MR) is 156 cm³/mol.